The van der Waals surface area contributed by atoms with E-state index >= 15 is 0 Å². The van der Waals surface area contributed by atoms with E-state index in [9.17, 15) is 33.5 Å². The predicted octanol–water partition coefficient (Wildman–Crippen LogP) is -0.914. The standard InChI is InChI=1S/C23H20FN7O6/c1-9-8-31-14(23(36)37)5-13(30-21(31)17(29-9)20(26)34)22(35)28-6-10-2-3-12(24)11(4-10)7-27-16-15(25)18(32)19(16)33/h2-5,27H,6-8,25H2,1H3,(H2,26,34)(H,28,35)(H,36,37). The first-order valence-electron chi connectivity index (χ1n) is 10.8. The first-order chi connectivity index (χ1) is 17.5. The van der Waals surface area contributed by atoms with Crippen LogP contribution >= 0.6 is 0 Å². The van der Waals surface area contributed by atoms with Crippen LogP contribution in [0, 0.1) is 5.82 Å². The predicted molar refractivity (Wildman–Crippen MR) is 131 cm³/mol. The highest BCUT2D eigenvalue weighted by Crippen LogP contribution is 2.27. The van der Waals surface area contributed by atoms with Crippen LogP contribution in [-0.2, 0) is 27.5 Å². The van der Waals surface area contributed by atoms with Gasteiger partial charge in [0.15, 0.2) is 11.5 Å². The van der Waals surface area contributed by atoms with Crippen LogP contribution in [0.3, 0.4) is 0 Å². The third-order valence-corrected chi connectivity index (χ3v) is 5.60. The van der Waals surface area contributed by atoms with E-state index in [1.807, 2.05) is 0 Å². The zero-order valence-corrected chi connectivity index (χ0v) is 19.3. The highest BCUT2D eigenvalue weighted by atomic mass is 19.1. The molecule has 7 N–H and O–H groups in total. The van der Waals surface area contributed by atoms with Gasteiger partial charge in [0, 0.05) is 30.4 Å². The van der Waals surface area contributed by atoms with Crippen LogP contribution in [0.4, 0.5) is 15.8 Å². The Labute approximate surface area is 207 Å². The quantitative estimate of drug-likeness (QED) is 0.278. The number of anilines is 2. The minimum absolute atomic E-state index is 0.0390. The second-order valence-corrected chi connectivity index (χ2v) is 8.21. The Balaban J connectivity index is 1.52. The Hall–Kier alpha value is -5.14. The van der Waals surface area contributed by atoms with E-state index in [0.717, 1.165) is 12.1 Å². The molecule has 13 nitrogen and oxygen atoms in total. The van der Waals surface area contributed by atoms with Gasteiger partial charge in [0.25, 0.3) is 22.7 Å². The van der Waals surface area contributed by atoms with E-state index in [1.165, 1.54) is 17.0 Å². The maximum atomic E-state index is 14.2. The van der Waals surface area contributed by atoms with Crippen molar-refractivity contribution in [3.05, 3.63) is 78.9 Å². The molecule has 0 spiro atoms. The normalized spacial score (nSPS) is 15.0. The number of carboxylic acids is 1. The third kappa shape index (κ3) is 4.71. The van der Waals surface area contributed by atoms with Crippen molar-refractivity contribution in [2.45, 2.75) is 20.0 Å². The minimum Gasteiger partial charge on any atom is -0.477 e. The second-order valence-electron chi connectivity index (χ2n) is 8.21. The number of aliphatic imine (C=N–C) groups is 2. The number of nitrogens with one attached hydrogen (secondary N) is 2. The number of fused-ring (bicyclic) bond motifs is 1. The van der Waals surface area contributed by atoms with Gasteiger partial charge in [0.2, 0.25) is 0 Å². The SMILES string of the molecule is CC1=NC(C(N)=O)=C2N=C(C(=O)NCc3ccc(F)c(CNc4c(N)c(=O)c4=O)c3)C=C(C(=O)O)N2C1. The summed E-state index contributed by atoms with van der Waals surface area (Å²) in [6.07, 6.45) is 1.06. The van der Waals surface area contributed by atoms with E-state index < -0.39 is 34.5 Å². The van der Waals surface area contributed by atoms with Crippen LogP contribution in [0.5, 0.6) is 0 Å². The maximum absolute atomic E-state index is 14.2. The van der Waals surface area contributed by atoms with E-state index in [-0.39, 0.29) is 59.5 Å². The lowest BCUT2D eigenvalue weighted by atomic mass is 10.1. The number of carbonyl (C=O) groups excluding carboxylic acids is 2. The van der Waals surface area contributed by atoms with Gasteiger partial charge in [-0.1, -0.05) is 6.07 Å². The van der Waals surface area contributed by atoms with Crippen molar-refractivity contribution >= 4 is 40.6 Å². The van der Waals surface area contributed by atoms with Gasteiger partial charge in [-0.05, 0) is 24.6 Å². The Morgan fingerprint density at radius 1 is 1.16 bits per heavy atom. The van der Waals surface area contributed by atoms with E-state index in [4.69, 9.17) is 11.5 Å². The van der Waals surface area contributed by atoms with E-state index in [1.54, 1.807) is 6.92 Å². The number of hydrogen-bond acceptors (Lipinski definition) is 10. The molecule has 190 valence electrons. The number of nitrogens with zero attached hydrogens (tertiary/aromatic N) is 3. The summed E-state index contributed by atoms with van der Waals surface area (Å²) in [7, 11) is 0. The topological polar surface area (TPSA) is 210 Å². The number of aliphatic carboxylic acids is 1. The Morgan fingerprint density at radius 3 is 2.54 bits per heavy atom. The molecule has 2 amide bonds. The lowest BCUT2D eigenvalue weighted by Crippen LogP contribution is -2.41. The average molecular weight is 509 g/mol. The van der Waals surface area contributed by atoms with Crippen molar-refractivity contribution in [2.24, 2.45) is 15.7 Å². The highest BCUT2D eigenvalue weighted by Gasteiger charge is 2.33. The smallest absolute Gasteiger partial charge is 0.352 e. The average Bonchev–Trinajstić information content (AvgIpc) is 2.86. The molecule has 2 aromatic rings. The highest BCUT2D eigenvalue weighted by molar-refractivity contribution is 6.44. The number of benzene rings is 1. The van der Waals surface area contributed by atoms with Gasteiger partial charge in [0.05, 0.1) is 6.54 Å². The molecule has 14 heteroatoms. The van der Waals surface area contributed by atoms with Crippen molar-refractivity contribution in [3.63, 3.8) is 0 Å². The lowest BCUT2D eigenvalue weighted by molar-refractivity contribution is -0.134. The molecule has 0 fully saturated rings. The fourth-order valence-electron chi connectivity index (χ4n) is 3.75. The van der Waals surface area contributed by atoms with Crippen LogP contribution < -0.4 is 33.0 Å². The summed E-state index contributed by atoms with van der Waals surface area (Å²) in [5.74, 6) is -3.80. The zero-order valence-electron chi connectivity index (χ0n) is 19.3. The van der Waals surface area contributed by atoms with Gasteiger partial charge in [-0.2, -0.15) is 0 Å². The van der Waals surface area contributed by atoms with Crippen LogP contribution in [0.1, 0.15) is 18.1 Å². The molecule has 0 unspecified atom stereocenters. The number of halogens is 1. The number of rotatable bonds is 8. The molecule has 2 aromatic carbocycles. The summed E-state index contributed by atoms with van der Waals surface area (Å²) in [6.45, 7) is 1.40. The molecular formula is C23H20FN7O6. The van der Waals surface area contributed by atoms with Crippen LogP contribution in [0.25, 0.3) is 0 Å². The number of hydrogen-bond donors (Lipinski definition) is 5. The van der Waals surface area contributed by atoms with Gasteiger partial charge in [-0.3, -0.25) is 19.2 Å². The molecule has 2 heterocycles. The third-order valence-electron chi connectivity index (χ3n) is 5.60. The summed E-state index contributed by atoms with van der Waals surface area (Å²) >= 11 is 0. The fraction of sp³-hybridized carbons (Fsp3) is 0.174. The first-order valence-corrected chi connectivity index (χ1v) is 10.8. The molecule has 4 rings (SSSR count). The summed E-state index contributed by atoms with van der Waals surface area (Å²) in [6, 6.07) is 4.01. The molecule has 0 radical (unpaired) electrons. The summed E-state index contributed by atoms with van der Waals surface area (Å²) in [5, 5.41) is 14.8. The van der Waals surface area contributed by atoms with Gasteiger partial charge < -0.3 is 32.1 Å². The van der Waals surface area contributed by atoms with Crippen LogP contribution in [-0.4, -0.2) is 45.8 Å². The van der Waals surface area contributed by atoms with Gasteiger partial charge in [-0.15, -0.1) is 0 Å². The second kappa shape index (κ2) is 9.49. The minimum atomic E-state index is -1.35. The summed E-state index contributed by atoms with van der Waals surface area (Å²) in [4.78, 5) is 68.6. The number of carbonyl (C=O) groups is 3. The Kier molecular flexibility index (Phi) is 6.40. The number of nitrogen functional groups attached to an aromatic ring is 1. The van der Waals surface area contributed by atoms with Crippen molar-refractivity contribution < 1.29 is 23.9 Å². The molecule has 2 aliphatic heterocycles. The summed E-state index contributed by atoms with van der Waals surface area (Å²) in [5.41, 5.74) is 9.12. The molecule has 0 aromatic heterocycles. The molecular weight excluding hydrogens is 489 g/mol. The molecule has 37 heavy (non-hydrogen) atoms. The molecule has 2 aliphatic rings. The number of carboxylic acid groups (broad SMARTS) is 1. The molecule has 0 saturated carbocycles. The number of primary amides is 1. The van der Waals surface area contributed by atoms with Crippen molar-refractivity contribution in [2.75, 3.05) is 17.6 Å². The number of amides is 2. The largest absolute Gasteiger partial charge is 0.477 e. The van der Waals surface area contributed by atoms with Crippen LogP contribution in [0.2, 0.25) is 0 Å². The zero-order chi connectivity index (χ0) is 27.0. The van der Waals surface area contributed by atoms with Gasteiger partial charge >= 0.3 is 5.97 Å². The first kappa shape index (κ1) is 25.0. The number of nitrogens with two attached hydrogens (primary N) is 2. The molecule has 0 saturated heterocycles. The fourth-order valence-corrected chi connectivity index (χ4v) is 3.75. The van der Waals surface area contributed by atoms with Crippen molar-refractivity contribution in [3.8, 4) is 0 Å². The lowest BCUT2D eigenvalue weighted by Gasteiger charge is -2.31. The van der Waals surface area contributed by atoms with Gasteiger partial charge in [-0.25, -0.2) is 19.2 Å². The molecule has 0 atom stereocenters. The molecule has 0 aliphatic carbocycles. The maximum Gasteiger partial charge on any atom is 0.352 e. The molecule has 0 bridgehead atoms. The van der Waals surface area contributed by atoms with E-state index in [0.29, 0.717) is 11.3 Å². The Bertz CT molecular complexity index is 1560. The van der Waals surface area contributed by atoms with Crippen molar-refractivity contribution in [1.82, 2.24) is 10.2 Å². The Morgan fingerprint density at radius 2 is 1.89 bits per heavy atom. The van der Waals surface area contributed by atoms with Crippen molar-refractivity contribution in [1.29, 1.82) is 0 Å². The van der Waals surface area contributed by atoms with E-state index in [2.05, 4.69) is 20.6 Å². The summed E-state index contributed by atoms with van der Waals surface area (Å²) < 4.78 is 14.2. The van der Waals surface area contributed by atoms with Crippen LogP contribution in [0.15, 0.2) is 61.1 Å². The van der Waals surface area contributed by atoms with Gasteiger partial charge in [0.1, 0.15) is 28.6 Å². The monoisotopic (exact) mass is 509 g/mol.